The molecule has 1 N–H and O–H groups in total. The number of likely N-dealkylation sites (tertiary alicyclic amines) is 1. The lowest BCUT2D eigenvalue weighted by Gasteiger charge is -2.39. The third-order valence-corrected chi connectivity index (χ3v) is 6.74. The second-order valence-corrected chi connectivity index (χ2v) is 9.46. The number of carbonyl (C=O) groups is 1. The van der Waals surface area contributed by atoms with Crippen molar-refractivity contribution in [2.45, 2.75) is 44.5 Å². The lowest BCUT2D eigenvalue weighted by Crippen LogP contribution is -2.50. The fourth-order valence-corrected chi connectivity index (χ4v) is 4.65. The van der Waals surface area contributed by atoms with Crippen LogP contribution in [0.1, 0.15) is 26.2 Å². The Morgan fingerprint density at radius 3 is 2.42 bits per heavy atom. The van der Waals surface area contributed by atoms with E-state index in [1.165, 1.54) is 22.7 Å². The van der Waals surface area contributed by atoms with Crippen LogP contribution in [0.5, 0.6) is 0 Å². The minimum absolute atomic E-state index is 0.0645. The zero-order chi connectivity index (χ0) is 26.3. The minimum atomic E-state index is -4.54. The molecule has 3 aromatic rings. The molecule has 1 amide bonds. The normalized spacial score (nSPS) is 16.8. The summed E-state index contributed by atoms with van der Waals surface area (Å²) in [6, 6.07) is 9.44. The molecular weight excluding hydrogens is 475 g/mol. The Hall–Kier alpha value is -3.47. The van der Waals surface area contributed by atoms with Crippen molar-refractivity contribution >= 4 is 16.9 Å². The molecule has 1 aliphatic heterocycles. The molecule has 1 atom stereocenters. The molecule has 1 saturated heterocycles. The van der Waals surface area contributed by atoms with Crippen LogP contribution in [-0.2, 0) is 18.4 Å². The smallest absolute Gasteiger partial charge is 0.388 e. The van der Waals surface area contributed by atoms with Crippen molar-refractivity contribution in [3.05, 3.63) is 59.2 Å². The van der Waals surface area contributed by atoms with Crippen LogP contribution in [0.25, 0.3) is 22.3 Å². The highest BCUT2D eigenvalue weighted by atomic mass is 19.4. The molecule has 11 heteroatoms. The van der Waals surface area contributed by atoms with Gasteiger partial charge in [-0.15, -0.1) is 0 Å². The van der Waals surface area contributed by atoms with Gasteiger partial charge in [0.15, 0.2) is 5.52 Å². The lowest BCUT2D eigenvalue weighted by molar-refractivity contribution is -0.172. The fraction of sp³-hybridized carbons (Fsp3) is 0.440. The summed E-state index contributed by atoms with van der Waals surface area (Å²) < 4.78 is 42.5. The van der Waals surface area contributed by atoms with Gasteiger partial charge in [-0.1, -0.05) is 42.5 Å². The maximum atomic E-state index is 13.2. The summed E-state index contributed by atoms with van der Waals surface area (Å²) in [5, 5.41) is 15.5. The summed E-state index contributed by atoms with van der Waals surface area (Å²) >= 11 is 0. The highest BCUT2D eigenvalue weighted by Crippen LogP contribution is 2.35. The van der Waals surface area contributed by atoms with Crippen LogP contribution < -0.4 is 5.56 Å². The average Bonchev–Trinajstić information content (AvgIpc) is 3.16. The Balaban J connectivity index is 1.48. The molecule has 1 fully saturated rings. The number of amides is 1. The molecule has 0 aliphatic carbocycles. The van der Waals surface area contributed by atoms with Gasteiger partial charge >= 0.3 is 6.18 Å². The number of halogens is 3. The number of aryl methyl sites for hydroxylation is 1. The molecule has 4 rings (SSSR count). The van der Waals surface area contributed by atoms with Gasteiger partial charge in [0.25, 0.3) is 5.56 Å². The van der Waals surface area contributed by atoms with E-state index in [0.29, 0.717) is 11.2 Å². The van der Waals surface area contributed by atoms with Gasteiger partial charge in [-0.05, 0) is 19.8 Å². The van der Waals surface area contributed by atoms with Crippen molar-refractivity contribution in [3.8, 4) is 11.3 Å². The fourth-order valence-electron chi connectivity index (χ4n) is 4.65. The highest BCUT2D eigenvalue weighted by Gasteiger charge is 2.43. The number of alkyl halides is 3. The zero-order valence-electron chi connectivity index (χ0n) is 20.1. The third-order valence-electron chi connectivity index (χ3n) is 6.74. The lowest BCUT2D eigenvalue weighted by atomic mass is 9.90. The molecule has 0 spiro atoms. The van der Waals surface area contributed by atoms with E-state index in [4.69, 9.17) is 0 Å². The predicted molar refractivity (Wildman–Crippen MR) is 128 cm³/mol. The number of hydrogen-bond donors (Lipinski definition) is 1. The molecule has 0 bridgehead atoms. The van der Waals surface area contributed by atoms with Gasteiger partial charge in [-0.25, -0.2) is 4.98 Å². The number of carbonyl (C=O) groups excluding carboxylic acids is 1. The summed E-state index contributed by atoms with van der Waals surface area (Å²) in [7, 11) is 1.73. The molecule has 192 valence electrons. The van der Waals surface area contributed by atoms with Crippen molar-refractivity contribution in [1.29, 1.82) is 0 Å². The Kier molecular flexibility index (Phi) is 6.78. The number of rotatable bonds is 6. The summed E-state index contributed by atoms with van der Waals surface area (Å²) in [6.45, 7) is 4.73. The van der Waals surface area contributed by atoms with Gasteiger partial charge < -0.3 is 10.0 Å². The molecule has 1 aliphatic rings. The average molecular weight is 504 g/mol. The summed E-state index contributed by atoms with van der Waals surface area (Å²) in [5.41, 5.74) is 0.359. The van der Waals surface area contributed by atoms with Crippen LogP contribution in [0.2, 0.25) is 0 Å². The predicted octanol–water partition coefficient (Wildman–Crippen LogP) is 3.30. The first-order valence-electron chi connectivity index (χ1n) is 11.6. The molecule has 1 aromatic carbocycles. The first kappa shape index (κ1) is 25.6. The van der Waals surface area contributed by atoms with E-state index in [1.807, 2.05) is 30.3 Å². The third kappa shape index (κ3) is 5.06. The van der Waals surface area contributed by atoms with Crippen LogP contribution in [0.15, 0.2) is 53.6 Å². The molecule has 0 saturated carbocycles. The number of nitrogens with zero attached hydrogens (tertiary/aromatic N) is 5. The topological polar surface area (TPSA) is 93.2 Å². The van der Waals surface area contributed by atoms with E-state index in [0.717, 1.165) is 5.56 Å². The molecule has 0 radical (unpaired) electrons. The Morgan fingerprint density at radius 1 is 1.19 bits per heavy atom. The molecule has 8 nitrogen and oxygen atoms in total. The van der Waals surface area contributed by atoms with Crippen molar-refractivity contribution in [3.63, 3.8) is 0 Å². The molecule has 1 unspecified atom stereocenters. The SMILES string of the molecule is C=C(C)C(CC(=O)N1CCC(O)(Cn2cnc3c(-c4ccccc4)n(C)nc3c2=O)CC1)C(F)(F)F. The van der Waals surface area contributed by atoms with Gasteiger partial charge in [0.1, 0.15) is 5.52 Å². The quantitative estimate of drug-likeness (QED) is 0.521. The minimum Gasteiger partial charge on any atom is -0.388 e. The standard InChI is InChI=1S/C25H28F3N5O3/c1-16(2)18(25(26,27)28)13-19(34)32-11-9-24(36,10-12-32)14-33-15-29-20-21(23(33)35)30-31(3)22(20)17-7-5-4-6-8-17/h4-8,15,18,36H,1,9-14H2,2-3H3. The van der Waals surface area contributed by atoms with Gasteiger partial charge in [-0.2, -0.15) is 18.3 Å². The highest BCUT2D eigenvalue weighted by molar-refractivity contribution is 5.89. The molecule has 36 heavy (non-hydrogen) atoms. The van der Waals surface area contributed by atoms with Crippen molar-refractivity contribution < 1.29 is 23.1 Å². The van der Waals surface area contributed by atoms with Crippen LogP contribution in [0.3, 0.4) is 0 Å². The van der Waals surface area contributed by atoms with Crippen LogP contribution in [0, 0.1) is 5.92 Å². The van der Waals surface area contributed by atoms with Crippen molar-refractivity contribution in [1.82, 2.24) is 24.2 Å². The van der Waals surface area contributed by atoms with Gasteiger partial charge in [-0.3, -0.25) is 18.8 Å². The summed E-state index contributed by atoms with van der Waals surface area (Å²) in [6.07, 6.45) is -3.65. The first-order valence-corrected chi connectivity index (χ1v) is 11.6. The van der Waals surface area contributed by atoms with Gasteiger partial charge in [0.05, 0.1) is 30.1 Å². The maximum absolute atomic E-state index is 13.2. The number of aromatic nitrogens is 4. The van der Waals surface area contributed by atoms with Gasteiger partial charge in [0.2, 0.25) is 5.91 Å². The van der Waals surface area contributed by atoms with E-state index in [-0.39, 0.29) is 43.6 Å². The van der Waals surface area contributed by atoms with E-state index in [1.54, 1.807) is 11.7 Å². The summed E-state index contributed by atoms with van der Waals surface area (Å²) in [4.78, 5) is 31.4. The molecule has 3 heterocycles. The number of benzene rings is 1. The van der Waals surface area contributed by atoms with Crippen molar-refractivity contribution in [2.24, 2.45) is 13.0 Å². The van der Waals surface area contributed by atoms with Crippen molar-refractivity contribution in [2.75, 3.05) is 13.1 Å². The van der Waals surface area contributed by atoms with E-state index < -0.39 is 35.6 Å². The Bertz CT molecular complexity index is 1340. The number of fused-ring (bicyclic) bond motifs is 1. The number of allylic oxidation sites excluding steroid dienone is 1. The zero-order valence-corrected chi connectivity index (χ0v) is 20.1. The first-order chi connectivity index (χ1) is 16.9. The second kappa shape index (κ2) is 9.53. The van der Waals surface area contributed by atoms with Crippen LogP contribution in [-0.4, -0.2) is 60.1 Å². The Labute approximate surface area is 205 Å². The molecule has 2 aromatic heterocycles. The monoisotopic (exact) mass is 503 g/mol. The maximum Gasteiger partial charge on any atom is 0.395 e. The number of hydrogen-bond acceptors (Lipinski definition) is 5. The van der Waals surface area contributed by atoms with E-state index >= 15 is 0 Å². The van der Waals surface area contributed by atoms with E-state index in [2.05, 4.69) is 16.7 Å². The number of piperidine rings is 1. The Morgan fingerprint density at radius 2 is 1.83 bits per heavy atom. The number of aliphatic hydroxyl groups is 1. The van der Waals surface area contributed by atoms with E-state index in [9.17, 15) is 27.9 Å². The second-order valence-electron chi connectivity index (χ2n) is 9.46. The van der Waals surface area contributed by atoms with Crippen LogP contribution >= 0.6 is 0 Å². The largest absolute Gasteiger partial charge is 0.395 e. The van der Waals surface area contributed by atoms with Crippen LogP contribution in [0.4, 0.5) is 13.2 Å². The van der Waals surface area contributed by atoms with Gasteiger partial charge in [0, 0.05) is 32.1 Å². The molecular formula is C25H28F3N5O3. The summed E-state index contributed by atoms with van der Waals surface area (Å²) in [5.74, 6) is -2.54.